The van der Waals surface area contributed by atoms with Crippen LogP contribution in [-0.4, -0.2) is 18.6 Å². The van der Waals surface area contributed by atoms with Crippen molar-refractivity contribution >= 4 is 31.6 Å². The van der Waals surface area contributed by atoms with E-state index in [1.807, 2.05) is 6.07 Å². The van der Waals surface area contributed by atoms with Crippen LogP contribution in [0.5, 0.6) is 0 Å². The number of aryl methyl sites for hydroxylation is 2. The first-order chi connectivity index (χ1) is 8.40. The summed E-state index contributed by atoms with van der Waals surface area (Å²) in [4.78, 5) is 0.197. The minimum absolute atomic E-state index is 0.197. The Morgan fingerprint density at radius 2 is 2.06 bits per heavy atom. The molecule has 0 aliphatic heterocycles. The van der Waals surface area contributed by atoms with Gasteiger partial charge in [-0.1, -0.05) is 22.0 Å². The third-order valence-corrected chi connectivity index (χ3v) is 4.54. The van der Waals surface area contributed by atoms with E-state index in [4.69, 9.17) is 0 Å². The van der Waals surface area contributed by atoms with Crippen LogP contribution in [0.15, 0.2) is 33.6 Å². The second kappa shape index (κ2) is 4.74. The zero-order valence-electron chi connectivity index (χ0n) is 9.86. The van der Waals surface area contributed by atoms with E-state index >= 15 is 0 Å². The largest absolute Gasteiger partial charge is 0.281 e. The molecule has 5 nitrogen and oxygen atoms in total. The van der Waals surface area contributed by atoms with Crippen LogP contribution < -0.4 is 4.72 Å². The lowest BCUT2D eigenvalue weighted by molar-refractivity contribution is 0.600. The lowest BCUT2D eigenvalue weighted by Crippen LogP contribution is -2.14. The average molecular weight is 330 g/mol. The predicted octanol–water partition coefficient (Wildman–Crippen LogP) is 2.59. The Balaban J connectivity index is 2.39. The SMILES string of the molecule is Cc1n[nH]c(C)c1S(=O)(=O)Nc1cccc(Br)c1. The fourth-order valence-corrected chi connectivity index (χ4v) is 3.52. The molecule has 1 heterocycles. The van der Waals surface area contributed by atoms with E-state index in [1.54, 1.807) is 32.0 Å². The molecule has 0 aliphatic carbocycles. The number of rotatable bonds is 3. The van der Waals surface area contributed by atoms with Gasteiger partial charge >= 0.3 is 0 Å². The van der Waals surface area contributed by atoms with Crippen LogP contribution in [0, 0.1) is 13.8 Å². The minimum Gasteiger partial charge on any atom is -0.281 e. The van der Waals surface area contributed by atoms with Gasteiger partial charge in [-0.25, -0.2) is 8.42 Å². The number of aromatic nitrogens is 2. The van der Waals surface area contributed by atoms with Crippen LogP contribution in [0.3, 0.4) is 0 Å². The van der Waals surface area contributed by atoms with Gasteiger partial charge in [-0.2, -0.15) is 5.10 Å². The molecule has 0 saturated heterocycles. The number of sulfonamides is 1. The van der Waals surface area contributed by atoms with Crippen molar-refractivity contribution in [2.24, 2.45) is 0 Å². The van der Waals surface area contributed by atoms with Gasteiger partial charge in [0.2, 0.25) is 0 Å². The lowest BCUT2D eigenvalue weighted by atomic mass is 10.3. The number of H-pyrrole nitrogens is 1. The predicted molar refractivity (Wildman–Crippen MR) is 73.0 cm³/mol. The van der Waals surface area contributed by atoms with E-state index in [-0.39, 0.29) is 4.90 Å². The first kappa shape index (κ1) is 13.1. The Morgan fingerprint density at radius 1 is 1.33 bits per heavy atom. The highest BCUT2D eigenvalue weighted by Gasteiger charge is 2.22. The zero-order chi connectivity index (χ0) is 13.3. The summed E-state index contributed by atoms with van der Waals surface area (Å²) in [7, 11) is -3.61. The Hall–Kier alpha value is -1.34. The summed E-state index contributed by atoms with van der Waals surface area (Å²) in [5.74, 6) is 0. The summed E-state index contributed by atoms with van der Waals surface area (Å²) in [5, 5.41) is 6.55. The maximum atomic E-state index is 12.2. The Morgan fingerprint density at radius 3 is 2.61 bits per heavy atom. The summed E-state index contributed by atoms with van der Waals surface area (Å²) in [5.41, 5.74) is 1.48. The molecule has 2 N–H and O–H groups in total. The van der Waals surface area contributed by atoms with Gasteiger partial charge in [0.15, 0.2) is 0 Å². The molecule has 1 aromatic carbocycles. The van der Waals surface area contributed by atoms with E-state index in [9.17, 15) is 8.42 Å². The molecule has 0 spiro atoms. The van der Waals surface area contributed by atoms with E-state index in [0.29, 0.717) is 17.1 Å². The molecular weight excluding hydrogens is 318 g/mol. The molecule has 1 aromatic heterocycles. The van der Waals surface area contributed by atoms with Crippen molar-refractivity contribution in [1.29, 1.82) is 0 Å². The second-order valence-electron chi connectivity index (χ2n) is 3.88. The second-order valence-corrected chi connectivity index (χ2v) is 6.41. The molecule has 0 unspecified atom stereocenters. The van der Waals surface area contributed by atoms with Gasteiger partial charge in [0.1, 0.15) is 4.90 Å². The van der Waals surface area contributed by atoms with E-state index < -0.39 is 10.0 Å². The van der Waals surface area contributed by atoms with Gasteiger partial charge in [-0.3, -0.25) is 9.82 Å². The lowest BCUT2D eigenvalue weighted by Gasteiger charge is -2.08. The molecule has 0 fully saturated rings. The number of hydrogen-bond acceptors (Lipinski definition) is 3. The van der Waals surface area contributed by atoms with Crippen LogP contribution in [0.4, 0.5) is 5.69 Å². The van der Waals surface area contributed by atoms with Crippen LogP contribution in [0.1, 0.15) is 11.4 Å². The van der Waals surface area contributed by atoms with Crippen molar-refractivity contribution in [3.05, 3.63) is 40.1 Å². The van der Waals surface area contributed by atoms with E-state index in [2.05, 4.69) is 30.8 Å². The highest BCUT2D eigenvalue weighted by Crippen LogP contribution is 2.22. The van der Waals surface area contributed by atoms with Crippen LogP contribution in [0.25, 0.3) is 0 Å². The van der Waals surface area contributed by atoms with Crippen LogP contribution in [-0.2, 0) is 10.0 Å². The summed E-state index contributed by atoms with van der Waals surface area (Å²) in [6.45, 7) is 3.33. The monoisotopic (exact) mass is 329 g/mol. The van der Waals surface area contributed by atoms with Gasteiger partial charge in [0, 0.05) is 10.2 Å². The Bertz CT molecular complexity index is 660. The van der Waals surface area contributed by atoms with Gasteiger partial charge < -0.3 is 0 Å². The highest BCUT2D eigenvalue weighted by molar-refractivity contribution is 9.10. The molecule has 0 radical (unpaired) electrons. The first-order valence-corrected chi connectivity index (χ1v) is 7.48. The normalized spacial score (nSPS) is 11.5. The first-order valence-electron chi connectivity index (χ1n) is 5.20. The van der Waals surface area contributed by atoms with Crippen molar-refractivity contribution in [3.63, 3.8) is 0 Å². The third-order valence-electron chi connectivity index (χ3n) is 2.41. The topological polar surface area (TPSA) is 74.8 Å². The smallest absolute Gasteiger partial charge is 0.265 e. The quantitative estimate of drug-likeness (QED) is 0.908. The third kappa shape index (κ3) is 2.56. The summed E-state index contributed by atoms with van der Waals surface area (Å²) >= 11 is 3.29. The summed E-state index contributed by atoms with van der Waals surface area (Å²) in [6, 6.07) is 6.97. The van der Waals surface area contributed by atoms with Gasteiger partial charge in [-0.15, -0.1) is 0 Å². The molecule has 18 heavy (non-hydrogen) atoms. The molecule has 7 heteroatoms. The number of aromatic amines is 1. The number of nitrogens with zero attached hydrogens (tertiary/aromatic N) is 1. The number of halogens is 1. The average Bonchev–Trinajstić information content (AvgIpc) is 2.58. The fraction of sp³-hybridized carbons (Fsp3) is 0.182. The van der Waals surface area contributed by atoms with Crippen LogP contribution >= 0.6 is 15.9 Å². The molecule has 0 amide bonds. The van der Waals surface area contributed by atoms with E-state index in [0.717, 1.165) is 4.47 Å². The molecule has 96 valence electrons. The molecule has 0 saturated carbocycles. The molecule has 2 aromatic rings. The van der Waals surface area contributed by atoms with E-state index in [1.165, 1.54) is 0 Å². The molecule has 2 rings (SSSR count). The maximum Gasteiger partial charge on any atom is 0.265 e. The maximum absolute atomic E-state index is 12.2. The Labute approximate surface area is 114 Å². The fourth-order valence-electron chi connectivity index (χ4n) is 1.69. The number of nitrogens with one attached hydrogen (secondary N) is 2. The molecule has 0 atom stereocenters. The van der Waals surface area contributed by atoms with Crippen molar-refractivity contribution in [2.45, 2.75) is 18.7 Å². The molecule has 0 aliphatic rings. The number of anilines is 1. The molecule has 0 bridgehead atoms. The standard InChI is InChI=1S/C11H12BrN3O2S/c1-7-11(8(2)14-13-7)18(16,17)15-10-5-3-4-9(12)6-10/h3-6,15H,1-2H3,(H,13,14). The summed E-state index contributed by atoms with van der Waals surface area (Å²) in [6.07, 6.45) is 0. The van der Waals surface area contributed by atoms with Crippen molar-refractivity contribution in [2.75, 3.05) is 4.72 Å². The minimum atomic E-state index is -3.61. The van der Waals surface area contributed by atoms with Gasteiger partial charge in [0.25, 0.3) is 10.0 Å². The van der Waals surface area contributed by atoms with Gasteiger partial charge in [0.05, 0.1) is 11.4 Å². The summed E-state index contributed by atoms with van der Waals surface area (Å²) < 4.78 is 27.8. The highest BCUT2D eigenvalue weighted by atomic mass is 79.9. The van der Waals surface area contributed by atoms with Crippen LogP contribution in [0.2, 0.25) is 0 Å². The van der Waals surface area contributed by atoms with Gasteiger partial charge in [-0.05, 0) is 32.0 Å². The van der Waals surface area contributed by atoms with Crippen molar-refractivity contribution in [3.8, 4) is 0 Å². The number of hydrogen-bond donors (Lipinski definition) is 2. The van der Waals surface area contributed by atoms with Crippen molar-refractivity contribution < 1.29 is 8.42 Å². The van der Waals surface area contributed by atoms with Crippen molar-refractivity contribution in [1.82, 2.24) is 10.2 Å². The number of benzene rings is 1. The Kier molecular flexibility index (Phi) is 3.45. The zero-order valence-corrected chi connectivity index (χ0v) is 12.3. The molecular formula is C11H12BrN3O2S.